The molecule has 0 saturated heterocycles. The van der Waals surface area contributed by atoms with Crippen molar-refractivity contribution in [1.82, 2.24) is 0 Å². The Morgan fingerprint density at radius 3 is 2.93 bits per heavy atom. The van der Waals surface area contributed by atoms with Crippen molar-refractivity contribution in [3.8, 4) is 0 Å². The summed E-state index contributed by atoms with van der Waals surface area (Å²) in [5.41, 5.74) is 1.11. The molecule has 0 atom stereocenters. The lowest BCUT2D eigenvalue weighted by molar-refractivity contribution is 0.0601. The average molecular weight is 206 g/mol. The number of carbonyl (C=O) groups is 1. The molecule has 0 spiro atoms. The first-order valence-electron chi connectivity index (χ1n) is 4.46. The van der Waals surface area contributed by atoms with Gasteiger partial charge in [-0.05, 0) is 24.3 Å². The molecular formula is C11H10O4. The first-order valence-corrected chi connectivity index (χ1v) is 4.46. The van der Waals surface area contributed by atoms with Gasteiger partial charge in [0.25, 0.3) is 0 Å². The summed E-state index contributed by atoms with van der Waals surface area (Å²) >= 11 is 0. The van der Waals surface area contributed by atoms with Crippen LogP contribution in [0.15, 0.2) is 28.7 Å². The van der Waals surface area contributed by atoms with Crippen LogP contribution in [-0.4, -0.2) is 18.2 Å². The van der Waals surface area contributed by atoms with Crippen LogP contribution in [0.3, 0.4) is 0 Å². The number of furan rings is 1. The van der Waals surface area contributed by atoms with Crippen molar-refractivity contribution in [3.05, 3.63) is 35.6 Å². The molecule has 2 rings (SSSR count). The van der Waals surface area contributed by atoms with Gasteiger partial charge in [-0.3, -0.25) is 0 Å². The zero-order chi connectivity index (χ0) is 10.8. The summed E-state index contributed by atoms with van der Waals surface area (Å²) in [7, 11) is 1.33. The van der Waals surface area contributed by atoms with E-state index in [1.165, 1.54) is 7.11 Å². The van der Waals surface area contributed by atoms with Crippen LogP contribution >= 0.6 is 0 Å². The predicted molar refractivity (Wildman–Crippen MR) is 53.5 cm³/mol. The third kappa shape index (κ3) is 1.71. The third-order valence-corrected chi connectivity index (χ3v) is 2.14. The molecule has 0 aliphatic carbocycles. The highest BCUT2D eigenvalue weighted by Gasteiger charge is 2.08. The summed E-state index contributed by atoms with van der Waals surface area (Å²) in [6.45, 7) is -0.151. The lowest BCUT2D eigenvalue weighted by Crippen LogP contribution is -1.99. The summed E-state index contributed by atoms with van der Waals surface area (Å²) < 4.78 is 9.88. The zero-order valence-electron chi connectivity index (χ0n) is 8.19. The molecule has 2 aromatic rings. The van der Waals surface area contributed by atoms with Crippen LogP contribution in [0.2, 0.25) is 0 Å². The standard InChI is InChI=1S/C11H10O4/c1-14-11(13)7-2-3-10-8(4-7)5-9(6-12)15-10/h2-5,12H,6H2,1H3. The molecule has 78 valence electrons. The summed E-state index contributed by atoms with van der Waals surface area (Å²) in [5, 5.41) is 9.66. The van der Waals surface area contributed by atoms with Crippen LogP contribution in [0, 0.1) is 0 Å². The molecule has 1 N–H and O–H groups in total. The van der Waals surface area contributed by atoms with Crippen LogP contribution in [0.25, 0.3) is 11.0 Å². The SMILES string of the molecule is COC(=O)c1ccc2oc(CO)cc2c1. The molecule has 0 bridgehead atoms. The first-order chi connectivity index (χ1) is 7.24. The summed E-state index contributed by atoms with van der Waals surface area (Å²) in [6, 6.07) is 6.67. The van der Waals surface area contributed by atoms with Gasteiger partial charge in [-0.25, -0.2) is 4.79 Å². The van der Waals surface area contributed by atoms with Gasteiger partial charge in [-0.15, -0.1) is 0 Å². The fourth-order valence-corrected chi connectivity index (χ4v) is 1.42. The first kappa shape index (κ1) is 9.73. The van der Waals surface area contributed by atoms with Gasteiger partial charge in [0.1, 0.15) is 18.0 Å². The van der Waals surface area contributed by atoms with Gasteiger partial charge in [-0.2, -0.15) is 0 Å². The van der Waals surface area contributed by atoms with Crippen molar-refractivity contribution in [2.45, 2.75) is 6.61 Å². The van der Waals surface area contributed by atoms with E-state index in [0.717, 1.165) is 5.39 Å². The Kier molecular flexibility index (Phi) is 2.43. The van der Waals surface area contributed by atoms with Crippen LogP contribution in [0.4, 0.5) is 0 Å². The number of rotatable bonds is 2. The van der Waals surface area contributed by atoms with Crippen LogP contribution in [-0.2, 0) is 11.3 Å². The minimum atomic E-state index is -0.386. The van der Waals surface area contributed by atoms with E-state index in [1.54, 1.807) is 24.3 Å². The topological polar surface area (TPSA) is 59.7 Å². The molecule has 4 nitrogen and oxygen atoms in total. The van der Waals surface area contributed by atoms with Crippen molar-refractivity contribution < 1.29 is 19.1 Å². The maximum atomic E-state index is 11.2. The Morgan fingerprint density at radius 1 is 1.47 bits per heavy atom. The molecule has 15 heavy (non-hydrogen) atoms. The van der Waals surface area contributed by atoms with Gasteiger partial charge in [0, 0.05) is 5.39 Å². The van der Waals surface area contributed by atoms with E-state index in [2.05, 4.69) is 4.74 Å². The van der Waals surface area contributed by atoms with Crippen LogP contribution < -0.4 is 0 Å². The quantitative estimate of drug-likeness (QED) is 0.760. The largest absolute Gasteiger partial charge is 0.465 e. The Balaban J connectivity index is 2.50. The van der Waals surface area contributed by atoms with E-state index in [1.807, 2.05) is 0 Å². The smallest absolute Gasteiger partial charge is 0.337 e. The lowest BCUT2D eigenvalue weighted by atomic mass is 10.1. The number of aliphatic hydroxyl groups is 1. The predicted octanol–water partition coefficient (Wildman–Crippen LogP) is 1.71. The molecule has 0 unspecified atom stereocenters. The van der Waals surface area contributed by atoms with E-state index in [4.69, 9.17) is 9.52 Å². The van der Waals surface area contributed by atoms with Gasteiger partial charge >= 0.3 is 5.97 Å². The van der Waals surface area contributed by atoms with Crippen molar-refractivity contribution in [1.29, 1.82) is 0 Å². The average Bonchev–Trinajstić information content (AvgIpc) is 2.69. The minimum Gasteiger partial charge on any atom is -0.465 e. The van der Waals surface area contributed by atoms with Crippen molar-refractivity contribution in [2.24, 2.45) is 0 Å². The molecule has 4 heteroatoms. The molecule has 1 heterocycles. The molecule has 0 amide bonds. The Bertz CT molecular complexity index is 498. The van der Waals surface area contributed by atoms with E-state index < -0.39 is 0 Å². The van der Waals surface area contributed by atoms with Gasteiger partial charge < -0.3 is 14.3 Å². The van der Waals surface area contributed by atoms with Crippen LogP contribution in [0.1, 0.15) is 16.1 Å². The molecule has 0 radical (unpaired) electrons. The Hall–Kier alpha value is -1.81. The highest BCUT2D eigenvalue weighted by atomic mass is 16.5. The van der Waals surface area contributed by atoms with Gasteiger partial charge in [-0.1, -0.05) is 0 Å². The van der Waals surface area contributed by atoms with Crippen molar-refractivity contribution >= 4 is 16.9 Å². The minimum absolute atomic E-state index is 0.151. The Labute approximate surface area is 86.1 Å². The normalized spacial score (nSPS) is 10.5. The second-order valence-electron chi connectivity index (χ2n) is 3.12. The zero-order valence-corrected chi connectivity index (χ0v) is 8.19. The second-order valence-corrected chi connectivity index (χ2v) is 3.12. The van der Waals surface area contributed by atoms with E-state index in [9.17, 15) is 4.79 Å². The molecule has 0 aliphatic rings. The molecule has 0 fully saturated rings. The van der Waals surface area contributed by atoms with Crippen molar-refractivity contribution in [3.63, 3.8) is 0 Å². The fraction of sp³-hybridized carbons (Fsp3) is 0.182. The van der Waals surface area contributed by atoms with Gasteiger partial charge in [0.2, 0.25) is 0 Å². The molecule has 0 saturated carbocycles. The van der Waals surface area contributed by atoms with Crippen molar-refractivity contribution in [2.75, 3.05) is 7.11 Å². The second kappa shape index (κ2) is 3.74. The molecule has 0 aliphatic heterocycles. The van der Waals surface area contributed by atoms with E-state index in [0.29, 0.717) is 16.9 Å². The maximum absolute atomic E-state index is 11.2. The summed E-state index contributed by atoms with van der Waals surface area (Å²) in [4.78, 5) is 11.2. The highest BCUT2D eigenvalue weighted by molar-refractivity contribution is 5.94. The monoisotopic (exact) mass is 206 g/mol. The number of fused-ring (bicyclic) bond motifs is 1. The number of methoxy groups -OCH3 is 1. The third-order valence-electron chi connectivity index (χ3n) is 2.14. The van der Waals surface area contributed by atoms with E-state index >= 15 is 0 Å². The number of esters is 1. The number of carbonyl (C=O) groups excluding carboxylic acids is 1. The molecule has 1 aromatic carbocycles. The number of hydrogen-bond donors (Lipinski definition) is 1. The van der Waals surface area contributed by atoms with Gasteiger partial charge in [0.05, 0.1) is 12.7 Å². The summed E-state index contributed by atoms with van der Waals surface area (Å²) in [6.07, 6.45) is 0. The highest BCUT2D eigenvalue weighted by Crippen LogP contribution is 2.21. The number of hydrogen-bond acceptors (Lipinski definition) is 4. The van der Waals surface area contributed by atoms with Gasteiger partial charge in [0.15, 0.2) is 0 Å². The maximum Gasteiger partial charge on any atom is 0.337 e. The Morgan fingerprint density at radius 2 is 2.27 bits per heavy atom. The summed E-state index contributed by atoms with van der Waals surface area (Å²) in [5.74, 6) is 0.0932. The number of aliphatic hydroxyl groups excluding tert-OH is 1. The number of benzene rings is 1. The molecule has 1 aromatic heterocycles. The molecular weight excluding hydrogens is 196 g/mol. The number of ether oxygens (including phenoxy) is 1. The fourth-order valence-electron chi connectivity index (χ4n) is 1.42. The lowest BCUT2D eigenvalue weighted by Gasteiger charge is -1.97. The van der Waals surface area contributed by atoms with Crippen LogP contribution in [0.5, 0.6) is 0 Å². The van der Waals surface area contributed by atoms with E-state index in [-0.39, 0.29) is 12.6 Å².